The molecule has 0 spiro atoms. The van der Waals surface area contributed by atoms with Crippen LogP contribution in [0.15, 0.2) is 12.4 Å². The van der Waals surface area contributed by atoms with Gasteiger partial charge in [-0.1, -0.05) is 0 Å². The van der Waals surface area contributed by atoms with Gasteiger partial charge in [0.05, 0.1) is 30.0 Å². The van der Waals surface area contributed by atoms with E-state index in [1.807, 2.05) is 13.8 Å². The SMILES string of the molecule is Cc1cnc(CNC(=O)C2CCNC2C)cn1. The lowest BCUT2D eigenvalue weighted by atomic mass is 10.0. The van der Waals surface area contributed by atoms with Crippen molar-refractivity contribution in [1.29, 1.82) is 0 Å². The van der Waals surface area contributed by atoms with Crippen LogP contribution in [0.2, 0.25) is 0 Å². The lowest BCUT2D eigenvalue weighted by molar-refractivity contribution is -0.125. The van der Waals surface area contributed by atoms with E-state index in [1.165, 1.54) is 0 Å². The van der Waals surface area contributed by atoms with Crippen LogP contribution in [0.5, 0.6) is 0 Å². The first-order valence-electron chi connectivity index (χ1n) is 5.95. The van der Waals surface area contributed by atoms with E-state index in [9.17, 15) is 4.79 Å². The molecule has 5 nitrogen and oxygen atoms in total. The molecule has 92 valence electrons. The van der Waals surface area contributed by atoms with Crippen molar-refractivity contribution in [2.75, 3.05) is 6.54 Å². The van der Waals surface area contributed by atoms with E-state index < -0.39 is 0 Å². The van der Waals surface area contributed by atoms with E-state index in [1.54, 1.807) is 12.4 Å². The molecule has 0 aliphatic carbocycles. The zero-order valence-corrected chi connectivity index (χ0v) is 10.2. The van der Waals surface area contributed by atoms with E-state index in [2.05, 4.69) is 20.6 Å². The predicted molar refractivity (Wildman–Crippen MR) is 64.2 cm³/mol. The fourth-order valence-corrected chi connectivity index (χ4v) is 2.04. The smallest absolute Gasteiger partial charge is 0.225 e. The van der Waals surface area contributed by atoms with Gasteiger partial charge in [0.2, 0.25) is 5.91 Å². The summed E-state index contributed by atoms with van der Waals surface area (Å²) in [6.07, 6.45) is 4.32. The Morgan fingerprint density at radius 2 is 2.35 bits per heavy atom. The normalized spacial score (nSPS) is 23.6. The first-order valence-corrected chi connectivity index (χ1v) is 5.95. The van der Waals surface area contributed by atoms with E-state index in [0.29, 0.717) is 6.54 Å². The number of amides is 1. The van der Waals surface area contributed by atoms with Gasteiger partial charge in [-0.25, -0.2) is 0 Å². The molecule has 1 amide bonds. The molecule has 2 atom stereocenters. The van der Waals surface area contributed by atoms with Crippen molar-refractivity contribution in [2.24, 2.45) is 5.92 Å². The zero-order valence-electron chi connectivity index (χ0n) is 10.2. The predicted octanol–water partition coefficient (Wildman–Crippen LogP) is 0.399. The third-order valence-electron chi connectivity index (χ3n) is 3.14. The Labute approximate surface area is 101 Å². The maximum absolute atomic E-state index is 11.9. The van der Waals surface area contributed by atoms with Gasteiger partial charge in [0.25, 0.3) is 0 Å². The van der Waals surface area contributed by atoms with Crippen molar-refractivity contribution in [1.82, 2.24) is 20.6 Å². The number of nitrogens with one attached hydrogen (secondary N) is 2. The average molecular weight is 234 g/mol. The number of aromatic nitrogens is 2. The number of hydrogen-bond acceptors (Lipinski definition) is 4. The molecule has 1 fully saturated rings. The summed E-state index contributed by atoms with van der Waals surface area (Å²) in [5.41, 5.74) is 1.68. The largest absolute Gasteiger partial charge is 0.350 e. The van der Waals surface area contributed by atoms with Crippen LogP contribution in [0.25, 0.3) is 0 Å². The van der Waals surface area contributed by atoms with Gasteiger partial charge in [-0.05, 0) is 26.8 Å². The van der Waals surface area contributed by atoms with Crippen molar-refractivity contribution in [3.8, 4) is 0 Å². The molecule has 1 aliphatic rings. The highest BCUT2D eigenvalue weighted by molar-refractivity contribution is 5.79. The van der Waals surface area contributed by atoms with Gasteiger partial charge >= 0.3 is 0 Å². The second-order valence-corrected chi connectivity index (χ2v) is 4.50. The minimum atomic E-state index is 0.0772. The summed E-state index contributed by atoms with van der Waals surface area (Å²) in [6.45, 7) is 5.31. The highest BCUT2D eigenvalue weighted by Crippen LogP contribution is 2.14. The van der Waals surface area contributed by atoms with E-state index in [-0.39, 0.29) is 17.9 Å². The monoisotopic (exact) mass is 234 g/mol. The summed E-state index contributed by atoms with van der Waals surface area (Å²) in [4.78, 5) is 20.2. The highest BCUT2D eigenvalue weighted by atomic mass is 16.1. The van der Waals surface area contributed by atoms with Gasteiger partial charge in [0, 0.05) is 12.2 Å². The first-order chi connectivity index (χ1) is 8.16. The third kappa shape index (κ3) is 3.00. The molecule has 2 heterocycles. The average Bonchev–Trinajstić information content (AvgIpc) is 2.74. The quantitative estimate of drug-likeness (QED) is 0.794. The van der Waals surface area contributed by atoms with E-state index >= 15 is 0 Å². The molecule has 0 radical (unpaired) electrons. The van der Waals surface area contributed by atoms with E-state index in [4.69, 9.17) is 0 Å². The van der Waals surface area contributed by atoms with Gasteiger partial charge in [0.15, 0.2) is 0 Å². The maximum Gasteiger partial charge on any atom is 0.225 e. The topological polar surface area (TPSA) is 66.9 Å². The van der Waals surface area contributed by atoms with Crippen LogP contribution in [0.4, 0.5) is 0 Å². The second kappa shape index (κ2) is 5.23. The van der Waals surface area contributed by atoms with Gasteiger partial charge in [0.1, 0.15) is 0 Å². The number of nitrogens with zero attached hydrogens (tertiary/aromatic N) is 2. The van der Waals surface area contributed by atoms with Gasteiger partial charge in [-0.3, -0.25) is 14.8 Å². The summed E-state index contributed by atoms with van der Waals surface area (Å²) in [5.74, 6) is 0.179. The molecule has 17 heavy (non-hydrogen) atoms. The summed E-state index contributed by atoms with van der Waals surface area (Å²) >= 11 is 0. The van der Waals surface area contributed by atoms with Gasteiger partial charge in [-0.2, -0.15) is 0 Å². The molecule has 5 heteroatoms. The Bertz CT molecular complexity index is 390. The molecular formula is C12H18N4O. The van der Waals surface area contributed by atoms with Crippen molar-refractivity contribution in [2.45, 2.75) is 32.9 Å². The van der Waals surface area contributed by atoms with Gasteiger partial charge < -0.3 is 10.6 Å². The number of carbonyl (C=O) groups excluding carboxylic acids is 1. The van der Waals surface area contributed by atoms with Crippen LogP contribution in [0.1, 0.15) is 24.7 Å². The third-order valence-corrected chi connectivity index (χ3v) is 3.14. The molecule has 2 N–H and O–H groups in total. The highest BCUT2D eigenvalue weighted by Gasteiger charge is 2.28. The van der Waals surface area contributed by atoms with Crippen LogP contribution in [0, 0.1) is 12.8 Å². The summed E-state index contributed by atoms with van der Waals surface area (Å²) in [5, 5.41) is 6.18. The molecule has 1 aliphatic heterocycles. The van der Waals surface area contributed by atoms with Crippen LogP contribution in [0.3, 0.4) is 0 Å². The Kier molecular flexibility index (Phi) is 3.68. The molecule has 2 rings (SSSR count). The zero-order chi connectivity index (χ0) is 12.3. The lowest BCUT2D eigenvalue weighted by Gasteiger charge is -2.14. The molecule has 0 saturated carbocycles. The van der Waals surface area contributed by atoms with Crippen molar-refractivity contribution < 1.29 is 4.79 Å². The Morgan fingerprint density at radius 3 is 2.94 bits per heavy atom. The Balaban J connectivity index is 1.85. The minimum absolute atomic E-state index is 0.0772. The minimum Gasteiger partial charge on any atom is -0.350 e. The van der Waals surface area contributed by atoms with Crippen molar-refractivity contribution in [3.63, 3.8) is 0 Å². The molecule has 0 aromatic carbocycles. The van der Waals surface area contributed by atoms with Crippen LogP contribution in [-0.4, -0.2) is 28.5 Å². The Morgan fingerprint density at radius 1 is 1.53 bits per heavy atom. The number of hydrogen-bond donors (Lipinski definition) is 2. The summed E-state index contributed by atoms with van der Waals surface area (Å²) < 4.78 is 0. The Hall–Kier alpha value is -1.49. The molecular weight excluding hydrogens is 216 g/mol. The van der Waals surface area contributed by atoms with Crippen LogP contribution < -0.4 is 10.6 Å². The summed E-state index contributed by atoms with van der Waals surface area (Å²) in [7, 11) is 0. The lowest BCUT2D eigenvalue weighted by Crippen LogP contribution is -2.36. The molecule has 1 saturated heterocycles. The molecule has 0 bridgehead atoms. The van der Waals surface area contributed by atoms with E-state index in [0.717, 1.165) is 24.4 Å². The van der Waals surface area contributed by atoms with Crippen molar-refractivity contribution >= 4 is 5.91 Å². The number of carbonyl (C=O) groups is 1. The molecule has 1 aromatic heterocycles. The standard InChI is InChI=1S/C12H18N4O/c1-8-5-15-10(6-14-8)7-16-12(17)11-3-4-13-9(11)2/h5-6,9,11,13H,3-4,7H2,1-2H3,(H,16,17). The van der Waals surface area contributed by atoms with Crippen molar-refractivity contribution in [3.05, 3.63) is 23.8 Å². The second-order valence-electron chi connectivity index (χ2n) is 4.50. The van der Waals surface area contributed by atoms with Crippen LogP contribution >= 0.6 is 0 Å². The first kappa shape index (κ1) is 12.0. The molecule has 1 aromatic rings. The summed E-state index contributed by atoms with van der Waals surface area (Å²) in [6, 6.07) is 0.263. The van der Waals surface area contributed by atoms with Crippen LogP contribution in [-0.2, 0) is 11.3 Å². The number of aryl methyl sites for hydroxylation is 1. The fourth-order valence-electron chi connectivity index (χ4n) is 2.04. The fraction of sp³-hybridized carbons (Fsp3) is 0.583. The molecule has 2 unspecified atom stereocenters. The van der Waals surface area contributed by atoms with Gasteiger partial charge in [-0.15, -0.1) is 0 Å². The number of rotatable bonds is 3. The maximum atomic E-state index is 11.9.